The van der Waals surface area contributed by atoms with Crippen LogP contribution in [0.15, 0.2) is 18.2 Å². The number of hydrogen-bond acceptors (Lipinski definition) is 2. The van der Waals surface area contributed by atoms with Crippen LogP contribution in [0, 0.1) is 0 Å². The third kappa shape index (κ3) is 4.01. The molecule has 0 bridgehead atoms. The molecule has 0 aliphatic carbocycles. The molecule has 1 aromatic carbocycles. The molecule has 0 atom stereocenters. The number of alkyl halides is 6. The lowest BCUT2D eigenvalue weighted by molar-refractivity contribution is -0.143. The van der Waals surface area contributed by atoms with E-state index in [1.54, 1.807) is 0 Å². The Morgan fingerprint density at radius 2 is 1.33 bits per heavy atom. The number of benzene rings is 1. The highest BCUT2D eigenvalue weighted by Gasteiger charge is 2.37. The fourth-order valence-corrected chi connectivity index (χ4v) is 1.26. The van der Waals surface area contributed by atoms with Crippen LogP contribution in [0.4, 0.5) is 26.3 Å². The Morgan fingerprint density at radius 1 is 0.889 bits per heavy atom. The molecule has 0 heterocycles. The summed E-state index contributed by atoms with van der Waals surface area (Å²) in [6.45, 7) is -0.0816. The van der Waals surface area contributed by atoms with Crippen LogP contribution in [0.1, 0.15) is 11.1 Å². The van der Waals surface area contributed by atoms with Crippen molar-refractivity contribution < 1.29 is 31.1 Å². The van der Waals surface area contributed by atoms with Crippen LogP contribution < -0.4 is 4.74 Å². The molecule has 1 aromatic rings. The van der Waals surface area contributed by atoms with Crippen molar-refractivity contribution in [3.8, 4) is 5.75 Å². The zero-order valence-electron chi connectivity index (χ0n) is 8.77. The first-order chi connectivity index (χ1) is 8.14. The molecule has 0 spiro atoms. The van der Waals surface area contributed by atoms with Gasteiger partial charge in [0.1, 0.15) is 5.75 Å². The molecule has 0 saturated heterocycles. The lowest BCUT2D eigenvalue weighted by atomic mass is 10.1. The van der Waals surface area contributed by atoms with Crippen molar-refractivity contribution in [2.75, 3.05) is 12.4 Å². The van der Waals surface area contributed by atoms with Crippen LogP contribution in [0.25, 0.3) is 0 Å². The summed E-state index contributed by atoms with van der Waals surface area (Å²) in [5, 5.41) is 0. The van der Waals surface area contributed by atoms with Gasteiger partial charge in [0, 0.05) is 5.75 Å². The number of thiol groups is 1. The van der Waals surface area contributed by atoms with E-state index in [-0.39, 0.29) is 18.4 Å². The monoisotopic (exact) mass is 290 g/mol. The summed E-state index contributed by atoms with van der Waals surface area (Å²) in [7, 11) is 0. The van der Waals surface area contributed by atoms with Crippen molar-refractivity contribution in [2.24, 2.45) is 0 Å². The van der Waals surface area contributed by atoms with Crippen molar-refractivity contribution in [3.05, 3.63) is 29.3 Å². The zero-order chi connectivity index (χ0) is 14.0. The van der Waals surface area contributed by atoms with Crippen LogP contribution in [0.2, 0.25) is 0 Å². The van der Waals surface area contributed by atoms with Crippen molar-refractivity contribution >= 4 is 12.6 Å². The van der Waals surface area contributed by atoms with Crippen LogP contribution in [-0.2, 0) is 12.4 Å². The lowest BCUT2D eigenvalue weighted by Gasteiger charge is -2.14. The van der Waals surface area contributed by atoms with Gasteiger partial charge in [-0.2, -0.15) is 39.0 Å². The largest absolute Gasteiger partial charge is 0.493 e. The SMILES string of the molecule is FC(F)(F)c1cc(OCCS)cc(C(F)(F)F)c1. The molecule has 0 amide bonds. The molecular formula is C10H8F6OS. The summed E-state index contributed by atoms with van der Waals surface area (Å²) in [6, 6.07) is 1.10. The van der Waals surface area contributed by atoms with Crippen molar-refractivity contribution in [1.29, 1.82) is 0 Å². The van der Waals surface area contributed by atoms with E-state index in [2.05, 4.69) is 12.6 Å². The van der Waals surface area contributed by atoms with Gasteiger partial charge in [-0.1, -0.05) is 0 Å². The summed E-state index contributed by atoms with van der Waals surface area (Å²) in [5.41, 5.74) is -2.79. The highest BCUT2D eigenvalue weighted by molar-refractivity contribution is 7.80. The van der Waals surface area contributed by atoms with Gasteiger partial charge in [-0.15, -0.1) is 0 Å². The fraction of sp³-hybridized carbons (Fsp3) is 0.400. The molecule has 8 heteroatoms. The van der Waals surface area contributed by atoms with E-state index in [0.29, 0.717) is 12.1 Å². The molecule has 102 valence electrons. The molecular weight excluding hydrogens is 282 g/mol. The molecule has 0 aliphatic rings. The normalized spacial score (nSPS) is 12.6. The molecule has 0 fully saturated rings. The van der Waals surface area contributed by atoms with Gasteiger partial charge in [0.25, 0.3) is 0 Å². The predicted octanol–water partition coefficient (Wildman–Crippen LogP) is 4.03. The summed E-state index contributed by atoms with van der Waals surface area (Å²) < 4.78 is 79.3. The number of rotatable bonds is 3. The number of ether oxygens (including phenoxy) is 1. The van der Waals surface area contributed by atoms with E-state index < -0.39 is 29.2 Å². The number of hydrogen-bond donors (Lipinski definition) is 1. The van der Waals surface area contributed by atoms with Crippen LogP contribution in [0.5, 0.6) is 5.75 Å². The van der Waals surface area contributed by atoms with E-state index in [4.69, 9.17) is 4.74 Å². The molecule has 0 radical (unpaired) electrons. The summed E-state index contributed by atoms with van der Waals surface area (Å²) >= 11 is 3.75. The van der Waals surface area contributed by atoms with Crippen LogP contribution in [-0.4, -0.2) is 12.4 Å². The molecule has 0 saturated carbocycles. The Kier molecular flexibility index (Phi) is 4.41. The van der Waals surface area contributed by atoms with Gasteiger partial charge in [0.05, 0.1) is 17.7 Å². The van der Waals surface area contributed by atoms with Crippen molar-refractivity contribution in [3.63, 3.8) is 0 Å². The maximum Gasteiger partial charge on any atom is 0.416 e. The second-order valence-electron chi connectivity index (χ2n) is 3.31. The summed E-state index contributed by atoms with van der Waals surface area (Å²) in [5.74, 6) is -0.302. The lowest BCUT2D eigenvalue weighted by Crippen LogP contribution is -2.11. The Labute approximate surface area is 104 Å². The first-order valence-electron chi connectivity index (χ1n) is 4.67. The van der Waals surface area contributed by atoms with Gasteiger partial charge in [-0.25, -0.2) is 0 Å². The predicted molar refractivity (Wildman–Crippen MR) is 55.8 cm³/mol. The molecule has 1 nitrogen and oxygen atoms in total. The third-order valence-corrected chi connectivity index (χ3v) is 2.10. The van der Waals surface area contributed by atoms with Gasteiger partial charge >= 0.3 is 12.4 Å². The van der Waals surface area contributed by atoms with E-state index in [9.17, 15) is 26.3 Å². The van der Waals surface area contributed by atoms with E-state index in [1.165, 1.54) is 0 Å². The second kappa shape index (κ2) is 5.29. The maximum atomic E-state index is 12.4. The van der Waals surface area contributed by atoms with Crippen molar-refractivity contribution in [2.45, 2.75) is 12.4 Å². The zero-order valence-corrected chi connectivity index (χ0v) is 9.66. The van der Waals surface area contributed by atoms with Crippen LogP contribution >= 0.6 is 12.6 Å². The molecule has 0 unspecified atom stereocenters. The summed E-state index contributed by atoms with van der Waals surface area (Å²) in [4.78, 5) is 0. The van der Waals surface area contributed by atoms with E-state index >= 15 is 0 Å². The Morgan fingerprint density at radius 3 is 1.67 bits per heavy atom. The smallest absolute Gasteiger partial charge is 0.416 e. The first kappa shape index (κ1) is 15.0. The summed E-state index contributed by atoms with van der Waals surface area (Å²) in [6.07, 6.45) is -9.72. The average molecular weight is 290 g/mol. The fourth-order valence-electron chi connectivity index (χ4n) is 1.17. The topological polar surface area (TPSA) is 9.23 Å². The minimum Gasteiger partial charge on any atom is -0.493 e. The van der Waals surface area contributed by atoms with Gasteiger partial charge in [0.15, 0.2) is 0 Å². The van der Waals surface area contributed by atoms with Crippen LogP contribution in [0.3, 0.4) is 0 Å². The quantitative estimate of drug-likeness (QED) is 0.653. The third-order valence-electron chi connectivity index (χ3n) is 1.92. The first-order valence-corrected chi connectivity index (χ1v) is 5.31. The van der Waals surface area contributed by atoms with Crippen molar-refractivity contribution in [1.82, 2.24) is 0 Å². The second-order valence-corrected chi connectivity index (χ2v) is 3.76. The number of halogens is 6. The highest BCUT2D eigenvalue weighted by Crippen LogP contribution is 2.38. The standard InChI is InChI=1S/C10H8F6OS/c11-9(12,13)6-3-7(10(14,15)16)5-8(4-6)17-1-2-18/h3-5,18H,1-2H2. The molecule has 18 heavy (non-hydrogen) atoms. The van der Waals surface area contributed by atoms with Gasteiger partial charge in [-0.05, 0) is 18.2 Å². The van der Waals surface area contributed by atoms with Gasteiger partial charge in [0.2, 0.25) is 0 Å². The maximum absolute atomic E-state index is 12.4. The van der Waals surface area contributed by atoms with E-state index in [1.807, 2.05) is 0 Å². The molecule has 0 aliphatic heterocycles. The minimum atomic E-state index is -4.86. The Hall–Kier alpha value is -1.05. The van der Waals surface area contributed by atoms with Gasteiger partial charge in [-0.3, -0.25) is 0 Å². The minimum absolute atomic E-state index is 0.0492. The molecule has 0 N–H and O–H groups in total. The van der Waals surface area contributed by atoms with Gasteiger partial charge < -0.3 is 4.74 Å². The van der Waals surface area contributed by atoms with E-state index in [0.717, 1.165) is 0 Å². The Bertz CT molecular complexity index is 380. The highest BCUT2D eigenvalue weighted by atomic mass is 32.1. The Balaban J connectivity index is 3.21. The molecule has 1 rings (SSSR count). The average Bonchev–Trinajstić information content (AvgIpc) is 2.23. The molecule has 0 aromatic heterocycles.